The predicted octanol–water partition coefficient (Wildman–Crippen LogP) is 4.43. The van der Waals surface area contributed by atoms with Gasteiger partial charge in [0.05, 0.1) is 11.9 Å². The van der Waals surface area contributed by atoms with E-state index in [2.05, 4.69) is 59.4 Å². The van der Waals surface area contributed by atoms with Gasteiger partial charge in [-0.05, 0) is 56.5 Å². The van der Waals surface area contributed by atoms with Crippen LogP contribution in [0.4, 0.5) is 5.69 Å². The van der Waals surface area contributed by atoms with Crippen molar-refractivity contribution in [3.63, 3.8) is 0 Å². The van der Waals surface area contributed by atoms with Gasteiger partial charge in [0.1, 0.15) is 0 Å². The topological polar surface area (TPSA) is 45.2 Å². The van der Waals surface area contributed by atoms with Crippen LogP contribution in [0.15, 0.2) is 54.6 Å². The summed E-state index contributed by atoms with van der Waals surface area (Å²) in [6.45, 7) is 8.79. The number of pyridine rings is 1. The third kappa shape index (κ3) is 4.69. The molecule has 0 bridgehead atoms. The molecule has 0 aliphatic carbocycles. The number of carbonyl (C=O) groups excluding carboxylic acids is 1. The molecule has 0 aliphatic heterocycles. The maximum absolute atomic E-state index is 12.5. The molecule has 3 aromatic rings. The summed E-state index contributed by atoms with van der Waals surface area (Å²) in [5, 5.41) is 4.19. The minimum atomic E-state index is 0.0611. The Hall–Kier alpha value is -2.88. The zero-order valence-electron chi connectivity index (χ0n) is 17.0. The first-order chi connectivity index (χ1) is 13.6. The van der Waals surface area contributed by atoms with Crippen LogP contribution in [0.3, 0.4) is 0 Å². The van der Waals surface area contributed by atoms with Crippen LogP contribution in [0, 0.1) is 13.8 Å². The van der Waals surface area contributed by atoms with Gasteiger partial charge in [0.2, 0.25) is 5.91 Å². The van der Waals surface area contributed by atoms with Gasteiger partial charge in [-0.2, -0.15) is 0 Å². The van der Waals surface area contributed by atoms with Gasteiger partial charge in [0, 0.05) is 36.4 Å². The molecule has 146 valence electrons. The van der Waals surface area contributed by atoms with Gasteiger partial charge >= 0.3 is 0 Å². The Morgan fingerprint density at radius 2 is 1.75 bits per heavy atom. The minimum absolute atomic E-state index is 0.0611. The van der Waals surface area contributed by atoms with Crippen LogP contribution < -0.4 is 10.2 Å². The van der Waals surface area contributed by atoms with Crippen molar-refractivity contribution in [2.24, 2.45) is 0 Å². The van der Waals surface area contributed by atoms with Gasteiger partial charge in [-0.25, -0.2) is 0 Å². The average molecular weight is 376 g/mol. The Morgan fingerprint density at radius 1 is 1.04 bits per heavy atom. The number of hydrogen-bond acceptors (Lipinski definition) is 3. The second-order valence-electron chi connectivity index (χ2n) is 7.11. The molecule has 0 saturated heterocycles. The van der Waals surface area contributed by atoms with Gasteiger partial charge < -0.3 is 10.2 Å². The normalized spacial score (nSPS) is 10.8. The number of fused-ring (bicyclic) bond motifs is 1. The lowest BCUT2D eigenvalue weighted by Gasteiger charge is -2.23. The molecule has 4 nitrogen and oxygen atoms in total. The fourth-order valence-electron chi connectivity index (χ4n) is 3.66. The molecule has 1 amide bonds. The molecule has 4 heteroatoms. The fourth-order valence-corrected chi connectivity index (χ4v) is 3.66. The van der Waals surface area contributed by atoms with E-state index in [1.54, 1.807) is 0 Å². The molecule has 28 heavy (non-hydrogen) atoms. The Balaban J connectivity index is 1.54. The van der Waals surface area contributed by atoms with Crippen molar-refractivity contribution in [2.45, 2.75) is 33.6 Å². The van der Waals surface area contributed by atoms with Crippen LogP contribution in [-0.2, 0) is 11.2 Å². The molecule has 0 saturated carbocycles. The molecule has 0 unspecified atom stereocenters. The highest BCUT2D eigenvalue weighted by Crippen LogP contribution is 2.22. The average Bonchev–Trinajstić information content (AvgIpc) is 2.72. The second-order valence-corrected chi connectivity index (χ2v) is 7.11. The first kappa shape index (κ1) is 19.9. The zero-order valence-corrected chi connectivity index (χ0v) is 17.0. The monoisotopic (exact) mass is 375 g/mol. The Morgan fingerprint density at radius 3 is 2.50 bits per heavy atom. The molecule has 3 rings (SSSR count). The standard InChI is InChI=1S/C24H29N3O/c1-4-27(20-11-6-5-7-12-20)16-10-15-25-24(28)17-22-18(2)21-13-8-9-14-23(21)26-19(22)3/h5-9,11-14H,4,10,15-17H2,1-3H3,(H,25,28). The molecular formula is C24H29N3O. The number of aryl methyl sites for hydroxylation is 2. The number of rotatable bonds is 8. The van der Waals surface area contributed by atoms with Crippen molar-refractivity contribution in [3.8, 4) is 0 Å². The van der Waals surface area contributed by atoms with E-state index in [-0.39, 0.29) is 5.91 Å². The van der Waals surface area contributed by atoms with Gasteiger partial charge in [-0.15, -0.1) is 0 Å². The number of para-hydroxylation sites is 2. The molecule has 0 radical (unpaired) electrons. The number of nitrogens with one attached hydrogen (secondary N) is 1. The molecule has 2 aromatic carbocycles. The van der Waals surface area contributed by atoms with E-state index < -0.39 is 0 Å². The summed E-state index contributed by atoms with van der Waals surface area (Å²) in [5.41, 5.74) is 5.34. The highest BCUT2D eigenvalue weighted by atomic mass is 16.1. The first-order valence-corrected chi connectivity index (χ1v) is 10.0. The summed E-state index contributed by atoms with van der Waals surface area (Å²) in [4.78, 5) is 19.5. The van der Waals surface area contributed by atoms with Gasteiger partial charge in [-0.1, -0.05) is 36.4 Å². The largest absolute Gasteiger partial charge is 0.372 e. The van der Waals surface area contributed by atoms with Gasteiger partial charge in [0.15, 0.2) is 0 Å². The van der Waals surface area contributed by atoms with Crippen molar-refractivity contribution in [1.82, 2.24) is 10.3 Å². The SMILES string of the molecule is CCN(CCCNC(=O)Cc1c(C)nc2ccccc2c1C)c1ccccc1. The maximum atomic E-state index is 12.5. The highest BCUT2D eigenvalue weighted by Gasteiger charge is 2.13. The van der Waals surface area contributed by atoms with E-state index in [1.807, 2.05) is 31.2 Å². The quantitative estimate of drug-likeness (QED) is 0.593. The molecule has 0 spiro atoms. The molecule has 0 fully saturated rings. The summed E-state index contributed by atoms with van der Waals surface area (Å²) < 4.78 is 0. The van der Waals surface area contributed by atoms with Crippen molar-refractivity contribution in [2.75, 3.05) is 24.5 Å². The highest BCUT2D eigenvalue weighted by molar-refractivity contribution is 5.86. The van der Waals surface area contributed by atoms with Crippen molar-refractivity contribution in [3.05, 3.63) is 71.4 Å². The minimum Gasteiger partial charge on any atom is -0.372 e. The van der Waals surface area contributed by atoms with Crippen LogP contribution in [0.25, 0.3) is 10.9 Å². The summed E-state index contributed by atoms with van der Waals surface area (Å²) in [6.07, 6.45) is 1.30. The Kier molecular flexibility index (Phi) is 6.64. The Bertz CT molecular complexity index is 937. The van der Waals surface area contributed by atoms with Crippen molar-refractivity contribution in [1.29, 1.82) is 0 Å². The van der Waals surface area contributed by atoms with E-state index in [9.17, 15) is 4.79 Å². The van der Waals surface area contributed by atoms with Crippen LogP contribution in [0.1, 0.15) is 30.2 Å². The summed E-state index contributed by atoms with van der Waals surface area (Å²) in [7, 11) is 0. The van der Waals surface area contributed by atoms with E-state index in [0.717, 1.165) is 47.2 Å². The fraction of sp³-hybridized carbons (Fsp3) is 0.333. The molecule has 0 atom stereocenters. The summed E-state index contributed by atoms with van der Waals surface area (Å²) in [6, 6.07) is 18.5. The third-order valence-corrected chi connectivity index (χ3v) is 5.25. The molecule has 0 aliphatic rings. The van der Waals surface area contributed by atoms with Crippen molar-refractivity contribution < 1.29 is 4.79 Å². The van der Waals surface area contributed by atoms with Gasteiger partial charge in [-0.3, -0.25) is 9.78 Å². The van der Waals surface area contributed by atoms with Crippen LogP contribution >= 0.6 is 0 Å². The Labute approximate surface area is 167 Å². The lowest BCUT2D eigenvalue weighted by atomic mass is 9.99. The second kappa shape index (κ2) is 9.36. The summed E-state index contributed by atoms with van der Waals surface area (Å²) in [5.74, 6) is 0.0611. The zero-order chi connectivity index (χ0) is 19.9. The molecular weight excluding hydrogens is 346 g/mol. The number of amides is 1. The smallest absolute Gasteiger partial charge is 0.224 e. The molecule has 1 N–H and O–H groups in total. The van der Waals surface area contributed by atoms with Crippen LogP contribution in [-0.4, -0.2) is 30.5 Å². The molecule has 1 aromatic heterocycles. The lowest BCUT2D eigenvalue weighted by Crippen LogP contribution is -2.31. The maximum Gasteiger partial charge on any atom is 0.224 e. The van der Waals surface area contributed by atoms with Crippen LogP contribution in [0.5, 0.6) is 0 Å². The van der Waals surface area contributed by atoms with Crippen LogP contribution in [0.2, 0.25) is 0 Å². The number of carbonyl (C=O) groups is 1. The first-order valence-electron chi connectivity index (χ1n) is 10.0. The number of aromatic nitrogens is 1. The van der Waals surface area contributed by atoms with Crippen molar-refractivity contribution >= 4 is 22.5 Å². The molecule has 1 heterocycles. The van der Waals surface area contributed by atoms with E-state index in [1.165, 1.54) is 5.69 Å². The predicted molar refractivity (Wildman–Crippen MR) is 117 cm³/mol. The summed E-state index contributed by atoms with van der Waals surface area (Å²) >= 11 is 0. The number of nitrogens with zero attached hydrogens (tertiary/aromatic N) is 2. The van der Waals surface area contributed by atoms with E-state index in [4.69, 9.17) is 0 Å². The van der Waals surface area contributed by atoms with Gasteiger partial charge in [0.25, 0.3) is 0 Å². The van der Waals surface area contributed by atoms with E-state index >= 15 is 0 Å². The number of hydrogen-bond donors (Lipinski definition) is 1. The number of benzene rings is 2. The van der Waals surface area contributed by atoms with E-state index in [0.29, 0.717) is 13.0 Å². The third-order valence-electron chi connectivity index (χ3n) is 5.25. The lowest BCUT2D eigenvalue weighted by molar-refractivity contribution is -0.120. The number of anilines is 1.